The van der Waals surface area contributed by atoms with Gasteiger partial charge in [0.1, 0.15) is 0 Å². The van der Waals surface area contributed by atoms with Crippen LogP contribution >= 0.6 is 0 Å². The van der Waals surface area contributed by atoms with E-state index in [0.29, 0.717) is 25.9 Å². The van der Waals surface area contributed by atoms with Gasteiger partial charge >= 0.3 is 0 Å². The third-order valence-electron chi connectivity index (χ3n) is 5.43. The van der Waals surface area contributed by atoms with Gasteiger partial charge in [0.25, 0.3) is 10.0 Å². The van der Waals surface area contributed by atoms with Gasteiger partial charge in [0.2, 0.25) is 5.91 Å². The van der Waals surface area contributed by atoms with Crippen LogP contribution in [-0.4, -0.2) is 25.9 Å². The molecule has 6 nitrogen and oxygen atoms in total. The van der Waals surface area contributed by atoms with E-state index >= 15 is 0 Å². The molecule has 0 unspecified atom stereocenters. The summed E-state index contributed by atoms with van der Waals surface area (Å²) >= 11 is 0. The Kier molecular flexibility index (Phi) is 6.32. The van der Waals surface area contributed by atoms with Crippen LogP contribution in [0.1, 0.15) is 29.5 Å². The molecule has 1 aliphatic rings. The molecule has 0 atom stereocenters. The predicted octanol–water partition coefficient (Wildman–Crippen LogP) is 3.47. The molecule has 31 heavy (non-hydrogen) atoms. The van der Waals surface area contributed by atoms with E-state index < -0.39 is 10.0 Å². The van der Waals surface area contributed by atoms with Gasteiger partial charge in [0.05, 0.1) is 10.6 Å². The number of anilines is 1. The van der Waals surface area contributed by atoms with Crippen molar-refractivity contribution >= 4 is 21.6 Å². The molecule has 1 amide bonds. The summed E-state index contributed by atoms with van der Waals surface area (Å²) in [6.45, 7) is 0.930. The van der Waals surface area contributed by atoms with Crippen LogP contribution in [0.5, 0.6) is 0 Å². The Hall–Kier alpha value is -3.19. The number of sulfonamides is 1. The summed E-state index contributed by atoms with van der Waals surface area (Å²) in [5, 5.41) is 2.88. The van der Waals surface area contributed by atoms with Gasteiger partial charge in [-0.05, 0) is 60.2 Å². The zero-order valence-corrected chi connectivity index (χ0v) is 18.0. The van der Waals surface area contributed by atoms with Crippen molar-refractivity contribution in [1.29, 1.82) is 0 Å². The molecule has 0 saturated carbocycles. The number of nitrogens with one attached hydrogen (secondary N) is 1. The number of para-hydroxylation sites is 1. The fourth-order valence-electron chi connectivity index (χ4n) is 3.75. The number of fused-ring (bicyclic) bond motifs is 1. The lowest BCUT2D eigenvalue weighted by Crippen LogP contribution is -2.35. The summed E-state index contributed by atoms with van der Waals surface area (Å²) in [6.07, 6.45) is 6.00. The first-order chi connectivity index (χ1) is 15.0. The normalized spacial score (nSPS) is 13.5. The summed E-state index contributed by atoms with van der Waals surface area (Å²) < 4.78 is 27.9. The number of amides is 1. The van der Waals surface area contributed by atoms with E-state index in [9.17, 15) is 13.2 Å². The molecular formula is C24H25N3O3S. The molecule has 0 radical (unpaired) electrons. The van der Waals surface area contributed by atoms with Crippen LogP contribution in [0.4, 0.5) is 5.69 Å². The Labute approximate surface area is 183 Å². The standard InChI is InChI=1S/C24H25N3O3S/c28-24(26-18-20-5-3-15-25-17-20)14-11-19-9-12-22(13-10-19)31(29,30)27-16-4-7-21-6-1-2-8-23(21)27/h1-3,5-6,8-10,12-13,15,17H,4,7,11,14,16,18H2,(H,26,28). The number of carbonyl (C=O) groups is 1. The van der Waals surface area contributed by atoms with Crippen molar-refractivity contribution in [3.63, 3.8) is 0 Å². The number of aromatic nitrogens is 1. The highest BCUT2D eigenvalue weighted by molar-refractivity contribution is 7.92. The Morgan fingerprint density at radius 3 is 2.58 bits per heavy atom. The van der Waals surface area contributed by atoms with Gasteiger partial charge in [-0.25, -0.2) is 8.42 Å². The molecule has 0 saturated heterocycles. The zero-order chi connectivity index (χ0) is 21.7. The average Bonchev–Trinajstić information content (AvgIpc) is 2.82. The number of hydrogen-bond acceptors (Lipinski definition) is 4. The number of nitrogens with zero attached hydrogens (tertiary/aromatic N) is 2. The molecular weight excluding hydrogens is 410 g/mol. The molecule has 160 valence electrons. The monoisotopic (exact) mass is 435 g/mol. The van der Waals surface area contributed by atoms with Gasteiger partial charge in [0.15, 0.2) is 0 Å². The van der Waals surface area contributed by atoms with Crippen molar-refractivity contribution in [2.45, 2.75) is 37.1 Å². The number of hydrogen-bond donors (Lipinski definition) is 1. The average molecular weight is 436 g/mol. The summed E-state index contributed by atoms with van der Waals surface area (Å²) in [6, 6.07) is 18.3. The van der Waals surface area contributed by atoms with Crippen LogP contribution in [0.25, 0.3) is 0 Å². The van der Waals surface area contributed by atoms with Crippen LogP contribution in [0.2, 0.25) is 0 Å². The van der Waals surface area contributed by atoms with Gasteiger partial charge in [0, 0.05) is 31.9 Å². The van der Waals surface area contributed by atoms with Gasteiger partial charge in [-0.3, -0.25) is 14.1 Å². The van der Waals surface area contributed by atoms with Gasteiger partial charge in [-0.2, -0.15) is 0 Å². The SMILES string of the molecule is O=C(CCc1ccc(S(=O)(=O)N2CCCc3ccccc32)cc1)NCc1cccnc1. The maximum absolute atomic E-state index is 13.2. The van der Waals surface area contributed by atoms with E-state index in [4.69, 9.17) is 0 Å². The first kappa shape index (κ1) is 21.1. The quantitative estimate of drug-likeness (QED) is 0.616. The van der Waals surface area contributed by atoms with Crippen molar-refractivity contribution < 1.29 is 13.2 Å². The molecule has 2 heterocycles. The second-order valence-electron chi connectivity index (χ2n) is 7.59. The van der Waals surface area contributed by atoms with Crippen molar-refractivity contribution in [1.82, 2.24) is 10.3 Å². The van der Waals surface area contributed by atoms with E-state index in [1.165, 1.54) is 4.31 Å². The maximum Gasteiger partial charge on any atom is 0.264 e. The molecule has 2 aromatic carbocycles. The molecule has 7 heteroatoms. The number of benzene rings is 2. The Bertz CT molecular complexity index is 1150. The summed E-state index contributed by atoms with van der Waals surface area (Å²) in [5.74, 6) is -0.0505. The van der Waals surface area contributed by atoms with Crippen LogP contribution < -0.4 is 9.62 Å². The highest BCUT2D eigenvalue weighted by Crippen LogP contribution is 2.31. The van der Waals surface area contributed by atoms with E-state index in [2.05, 4.69) is 10.3 Å². The molecule has 3 aromatic rings. The van der Waals surface area contributed by atoms with Gasteiger partial charge in [-0.1, -0.05) is 36.4 Å². The number of rotatable bonds is 7. The van der Waals surface area contributed by atoms with Crippen molar-refractivity contribution in [3.05, 3.63) is 89.7 Å². The highest BCUT2D eigenvalue weighted by Gasteiger charge is 2.28. The summed E-state index contributed by atoms with van der Waals surface area (Å²) in [7, 11) is -3.61. The van der Waals surface area contributed by atoms with Gasteiger partial charge < -0.3 is 5.32 Å². The van der Waals surface area contributed by atoms with E-state index in [-0.39, 0.29) is 10.8 Å². The van der Waals surface area contributed by atoms with Crippen LogP contribution in [0, 0.1) is 0 Å². The second kappa shape index (κ2) is 9.31. The third kappa shape index (κ3) is 4.94. The minimum absolute atomic E-state index is 0.0505. The molecule has 4 rings (SSSR count). The van der Waals surface area contributed by atoms with Gasteiger partial charge in [-0.15, -0.1) is 0 Å². The molecule has 0 fully saturated rings. The largest absolute Gasteiger partial charge is 0.352 e. The van der Waals surface area contributed by atoms with Crippen molar-refractivity contribution in [2.24, 2.45) is 0 Å². The molecule has 1 N–H and O–H groups in total. The van der Waals surface area contributed by atoms with E-state index in [1.807, 2.05) is 36.4 Å². The van der Waals surface area contributed by atoms with Crippen molar-refractivity contribution in [3.8, 4) is 0 Å². The first-order valence-electron chi connectivity index (χ1n) is 10.4. The Morgan fingerprint density at radius 1 is 1.00 bits per heavy atom. The molecule has 0 bridgehead atoms. The lowest BCUT2D eigenvalue weighted by molar-refractivity contribution is -0.121. The summed E-state index contributed by atoms with van der Waals surface area (Å²) in [4.78, 5) is 16.4. The number of aryl methyl sites for hydroxylation is 2. The fraction of sp³-hybridized carbons (Fsp3) is 0.250. The van der Waals surface area contributed by atoms with Crippen LogP contribution in [0.15, 0.2) is 78.0 Å². The lowest BCUT2D eigenvalue weighted by Gasteiger charge is -2.30. The first-order valence-corrected chi connectivity index (χ1v) is 11.8. The minimum Gasteiger partial charge on any atom is -0.352 e. The number of pyridine rings is 1. The maximum atomic E-state index is 13.2. The predicted molar refractivity (Wildman–Crippen MR) is 120 cm³/mol. The molecule has 1 aliphatic heterocycles. The lowest BCUT2D eigenvalue weighted by atomic mass is 10.0. The molecule has 1 aromatic heterocycles. The topological polar surface area (TPSA) is 79.4 Å². The minimum atomic E-state index is -3.61. The summed E-state index contributed by atoms with van der Waals surface area (Å²) in [5.41, 5.74) is 3.70. The second-order valence-corrected chi connectivity index (χ2v) is 9.45. The van der Waals surface area contributed by atoms with Crippen LogP contribution in [-0.2, 0) is 34.2 Å². The Balaban J connectivity index is 1.37. The third-order valence-corrected chi connectivity index (χ3v) is 7.26. The van der Waals surface area contributed by atoms with E-state index in [0.717, 1.165) is 35.2 Å². The highest BCUT2D eigenvalue weighted by atomic mass is 32.2. The van der Waals surface area contributed by atoms with Crippen LogP contribution in [0.3, 0.4) is 0 Å². The molecule has 0 spiro atoms. The van der Waals surface area contributed by atoms with E-state index in [1.54, 1.807) is 36.7 Å². The fourth-order valence-corrected chi connectivity index (χ4v) is 5.29. The number of carbonyl (C=O) groups excluding carboxylic acids is 1. The Morgan fingerprint density at radius 2 is 1.81 bits per heavy atom. The van der Waals surface area contributed by atoms with Crippen molar-refractivity contribution in [2.75, 3.05) is 10.8 Å². The zero-order valence-electron chi connectivity index (χ0n) is 17.2. The molecule has 0 aliphatic carbocycles. The smallest absolute Gasteiger partial charge is 0.264 e.